The topological polar surface area (TPSA) is 72.0 Å². The molecule has 0 aliphatic carbocycles. The van der Waals surface area contributed by atoms with Crippen LogP contribution in [-0.2, 0) is 21.1 Å². The van der Waals surface area contributed by atoms with Crippen molar-refractivity contribution in [2.75, 3.05) is 14.2 Å². The molecule has 8 heteroatoms. The highest BCUT2D eigenvalue weighted by Gasteiger charge is 2.23. The van der Waals surface area contributed by atoms with E-state index >= 15 is 0 Å². The van der Waals surface area contributed by atoms with Gasteiger partial charge in [0.05, 0.1) is 23.4 Å². The summed E-state index contributed by atoms with van der Waals surface area (Å²) in [5.41, 5.74) is 5.58. The van der Waals surface area contributed by atoms with Crippen molar-refractivity contribution in [1.82, 2.24) is 10.8 Å². The summed E-state index contributed by atoms with van der Waals surface area (Å²) in [5.74, 6) is -0.732. The molecule has 0 aliphatic heterocycles. The van der Waals surface area contributed by atoms with Gasteiger partial charge in [0.2, 0.25) is 5.91 Å². The van der Waals surface area contributed by atoms with Gasteiger partial charge in [0, 0.05) is 12.6 Å². The maximum atomic E-state index is 14.0. The minimum Gasteiger partial charge on any atom is -0.391 e. The lowest BCUT2D eigenvalue weighted by molar-refractivity contribution is -0.126. The van der Waals surface area contributed by atoms with Crippen molar-refractivity contribution in [1.29, 1.82) is 0 Å². The van der Waals surface area contributed by atoms with E-state index in [0.29, 0.717) is 11.3 Å². The van der Waals surface area contributed by atoms with E-state index in [1.54, 1.807) is 20.0 Å². The summed E-state index contributed by atoms with van der Waals surface area (Å²) in [6.07, 6.45) is 0. The number of oxime groups is 1. The monoisotopic (exact) mass is 407 g/mol. The molecular formula is C20H23ClFN3O3. The predicted molar refractivity (Wildman–Crippen MR) is 107 cm³/mol. The summed E-state index contributed by atoms with van der Waals surface area (Å²) in [7, 11) is 2.98. The zero-order valence-electron chi connectivity index (χ0n) is 16.2. The van der Waals surface area contributed by atoms with Crippen LogP contribution in [0.2, 0.25) is 5.02 Å². The Balaban J connectivity index is 2.28. The smallest absolute Gasteiger partial charge is 0.243 e. The minimum absolute atomic E-state index is 0.0876. The van der Waals surface area contributed by atoms with Gasteiger partial charge in [0.15, 0.2) is 0 Å². The molecule has 1 amide bonds. The van der Waals surface area contributed by atoms with E-state index in [1.165, 1.54) is 19.2 Å². The van der Waals surface area contributed by atoms with Crippen LogP contribution in [0.5, 0.6) is 0 Å². The van der Waals surface area contributed by atoms with E-state index in [1.807, 2.05) is 25.1 Å². The first-order chi connectivity index (χ1) is 13.4. The molecule has 150 valence electrons. The number of hydrogen-bond acceptors (Lipinski definition) is 5. The summed E-state index contributed by atoms with van der Waals surface area (Å²) >= 11 is 6.05. The molecule has 0 saturated heterocycles. The van der Waals surface area contributed by atoms with Gasteiger partial charge in [0.25, 0.3) is 0 Å². The van der Waals surface area contributed by atoms with Crippen LogP contribution >= 0.6 is 11.6 Å². The molecule has 2 aromatic carbocycles. The van der Waals surface area contributed by atoms with Gasteiger partial charge < -0.3 is 15.0 Å². The Labute approximate surface area is 168 Å². The first kappa shape index (κ1) is 21.8. The van der Waals surface area contributed by atoms with Gasteiger partial charge in [-0.25, -0.2) is 4.39 Å². The van der Waals surface area contributed by atoms with Gasteiger partial charge in [-0.3, -0.25) is 4.79 Å². The van der Waals surface area contributed by atoms with Crippen LogP contribution in [0.15, 0.2) is 41.6 Å². The van der Waals surface area contributed by atoms with Crippen LogP contribution in [0.4, 0.5) is 4.39 Å². The molecule has 0 bridgehead atoms. The highest BCUT2D eigenvalue weighted by Crippen LogP contribution is 2.24. The molecule has 2 rings (SSSR count). The third kappa shape index (κ3) is 5.07. The Bertz CT molecular complexity index is 854. The lowest BCUT2D eigenvalue weighted by Gasteiger charge is -2.20. The van der Waals surface area contributed by atoms with Gasteiger partial charge in [0.1, 0.15) is 18.5 Å². The number of nitrogens with one attached hydrogen (secondary N) is 2. The summed E-state index contributed by atoms with van der Waals surface area (Å²) < 4.78 is 14.0. The second kappa shape index (κ2) is 10.2. The Morgan fingerprint density at radius 2 is 2.00 bits per heavy atom. The lowest BCUT2D eigenvalue weighted by atomic mass is 9.96. The number of aryl methyl sites for hydroxylation is 1. The number of nitrogens with zero attached hydrogens (tertiary/aromatic N) is 1. The Hall–Kier alpha value is -2.48. The first-order valence-electron chi connectivity index (χ1n) is 8.60. The largest absolute Gasteiger partial charge is 0.391 e. The van der Waals surface area contributed by atoms with Crippen molar-refractivity contribution in [3.63, 3.8) is 0 Å². The molecule has 0 fully saturated rings. The number of carbonyl (C=O) groups excluding carboxylic acids is 1. The zero-order valence-corrected chi connectivity index (χ0v) is 16.9. The molecule has 0 aromatic heterocycles. The van der Waals surface area contributed by atoms with Crippen LogP contribution in [0.3, 0.4) is 0 Å². The summed E-state index contributed by atoms with van der Waals surface area (Å²) in [5, 5.41) is 6.86. The highest BCUT2D eigenvalue weighted by molar-refractivity contribution is 6.34. The summed E-state index contributed by atoms with van der Waals surface area (Å²) in [6.45, 7) is 3.60. The standard InChI is InChI=1S/C20H23ClFN3O3/c1-12-7-5-8-14(19(25-27-4)20(26)23-3)15(12)11-28-24-13(2)18-16(21)9-6-10-17(18)22/h5-10,19,25H,11H2,1-4H3,(H,23,26)/b24-13+. The fourth-order valence-electron chi connectivity index (χ4n) is 2.80. The number of benzene rings is 2. The fourth-order valence-corrected chi connectivity index (χ4v) is 3.10. The molecule has 1 atom stereocenters. The lowest BCUT2D eigenvalue weighted by Crippen LogP contribution is -2.36. The molecule has 0 aliphatic rings. The Kier molecular flexibility index (Phi) is 7.92. The average Bonchev–Trinajstić information content (AvgIpc) is 2.66. The number of rotatable bonds is 8. The number of amides is 1. The zero-order chi connectivity index (χ0) is 20.7. The van der Waals surface area contributed by atoms with E-state index < -0.39 is 11.9 Å². The van der Waals surface area contributed by atoms with E-state index in [-0.39, 0.29) is 23.1 Å². The van der Waals surface area contributed by atoms with E-state index in [2.05, 4.69) is 16.0 Å². The maximum absolute atomic E-state index is 14.0. The SMILES string of the molecule is CNC(=O)C(NOC)c1cccc(C)c1CO/N=C(\C)c1c(F)cccc1Cl. The van der Waals surface area contributed by atoms with E-state index in [0.717, 1.165) is 11.1 Å². The van der Waals surface area contributed by atoms with Crippen LogP contribution in [0.25, 0.3) is 0 Å². The minimum atomic E-state index is -0.723. The summed E-state index contributed by atoms with van der Waals surface area (Å²) in [4.78, 5) is 22.7. The molecule has 0 spiro atoms. The summed E-state index contributed by atoms with van der Waals surface area (Å²) in [6, 6.07) is 9.25. The predicted octanol–water partition coefficient (Wildman–Crippen LogP) is 3.67. The van der Waals surface area contributed by atoms with Crippen molar-refractivity contribution in [3.8, 4) is 0 Å². The third-order valence-electron chi connectivity index (χ3n) is 4.24. The highest BCUT2D eigenvalue weighted by atomic mass is 35.5. The molecule has 2 aromatic rings. The normalized spacial score (nSPS) is 12.6. The van der Waals surface area contributed by atoms with Gasteiger partial charge in [-0.1, -0.05) is 41.0 Å². The van der Waals surface area contributed by atoms with Crippen molar-refractivity contribution in [2.24, 2.45) is 5.16 Å². The quantitative estimate of drug-likeness (QED) is 0.517. The molecular weight excluding hydrogens is 385 g/mol. The second-order valence-electron chi connectivity index (χ2n) is 6.06. The van der Waals surface area contributed by atoms with Gasteiger partial charge in [-0.15, -0.1) is 0 Å². The number of halogens is 2. The van der Waals surface area contributed by atoms with E-state index in [4.69, 9.17) is 21.3 Å². The third-order valence-corrected chi connectivity index (χ3v) is 4.55. The van der Waals surface area contributed by atoms with Crippen LogP contribution < -0.4 is 10.8 Å². The van der Waals surface area contributed by atoms with Crippen molar-refractivity contribution in [3.05, 3.63) is 69.5 Å². The molecule has 0 radical (unpaired) electrons. The molecule has 28 heavy (non-hydrogen) atoms. The Morgan fingerprint density at radius 3 is 2.64 bits per heavy atom. The van der Waals surface area contributed by atoms with Crippen molar-refractivity contribution in [2.45, 2.75) is 26.5 Å². The number of hydrogen-bond donors (Lipinski definition) is 2. The van der Waals surface area contributed by atoms with Crippen molar-refractivity contribution >= 4 is 23.2 Å². The van der Waals surface area contributed by atoms with E-state index in [9.17, 15) is 9.18 Å². The number of likely N-dealkylation sites (N-methyl/N-ethyl adjacent to an activating group) is 1. The number of hydroxylamine groups is 1. The maximum Gasteiger partial charge on any atom is 0.243 e. The van der Waals surface area contributed by atoms with Crippen molar-refractivity contribution < 1.29 is 18.9 Å². The average molecular weight is 408 g/mol. The fraction of sp³-hybridized carbons (Fsp3) is 0.300. The molecule has 0 saturated carbocycles. The second-order valence-corrected chi connectivity index (χ2v) is 6.47. The molecule has 6 nitrogen and oxygen atoms in total. The van der Waals surface area contributed by atoms with Gasteiger partial charge >= 0.3 is 0 Å². The Morgan fingerprint density at radius 1 is 1.29 bits per heavy atom. The molecule has 2 N–H and O–H groups in total. The van der Waals surface area contributed by atoms with Gasteiger partial charge in [-0.05, 0) is 37.1 Å². The van der Waals surface area contributed by atoms with Crippen LogP contribution in [0, 0.1) is 12.7 Å². The molecule has 1 unspecified atom stereocenters. The molecule has 0 heterocycles. The number of carbonyl (C=O) groups is 1. The first-order valence-corrected chi connectivity index (χ1v) is 8.97. The van der Waals surface area contributed by atoms with Crippen LogP contribution in [-0.4, -0.2) is 25.8 Å². The van der Waals surface area contributed by atoms with Crippen LogP contribution in [0.1, 0.15) is 35.2 Å². The van der Waals surface area contributed by atoms with Gasteiger partial charge in [-0.2, -0.15) is 5.48 Å².